The van der Waals surface area contributed by atoms with Gasteiger partial charge >= 0.3 is 5.97 Å². The Labute approximate surface area is 191 Å². The zero-order chi connectivity index (χ0) is 22.1. The molecular formula is C22H14Cl2N2O4S. The van der Waals surface area contributed by atoms with Gasteiger partial charge in [-0.3, -0.25) is 14.5 Å². The smallest absolute Gasteiger partial charge is 0.335 e. The number of halogens is 2. The number of amides is 2. The zero-order valence-corrected chi connectivity index (χ0v) is 18.1. The number of nitrogens with zero attached hydrogens (tertiary/aromatic N) is 2. The molecule has 2 aromatic carbocycles. The summed E-state index contributed by atoms with van der Waals surface area (Å²) in [7, 11) is 0. The first-order chi connectivity index (χ1) is 14.8. The van der Waals surface area contributed by atoms with E-state index in [0.29, 0.717) is 26.2 Å². The van der Waals surface area contributed by atoms with Crippen molar-refractivity contribution in [2.75, 3.05) is 0 Å². The third kappa shape index (κ3) is 4.39. The summed E-state index contributed by atoms with van der Waals surface area (Å²) in [6.45, 7) is 0.0938. The molecule has 1 aliphatic rings. The molecule has 1 fully saturated rings. The summed E-state index contributed by atoms with van der Waals surface area (Å²) in [5, 5.41) is 9.44. The molecule has 156 valence electrons. The summed E-state index contributed by atoms with van der Waals surface area (Å²) in [5.41, 5.74) is 2.29. The topological polar surface area (TPSA) is 79.6 Å². The molecule has 9 heteroatoms. The van der Waals surface area contributed by atoms with Crippen molar-refractivity contribution in [3.05, 3.63) is 92.6 Å². The van der Waals surface area contributed by atoms with Crippen molar-refractivity contribution in [1.82, 2.24) is 9.47 Å². The number of rotatable bonds is 5. The predicted molar refractivity (Wildman–Crippen MR) is 121 cm³/mol. The molecule has 0 bridgehead atoms. The van der Waals surface area contributed by atoms with E-state index in [9.17, 15) is 14.4 Å². The lowest BCUT2D eigenvalue weighted by molar-refractivity contribution is -0.123. The van der Waals surface area contributed by atoms with E-state index in [0.717, 1.165) is 22.3 Å². The number of thioether (sulfide) groups is 1. The van der Waals surface area contributed by atoms with E-state index in [-0.39, 0.29) is 17.3 Å². The van der Waals surface area contributed by atoms with Crippen LogP contribution < -0.4 is 0 Å². The normalized spacial score (nSPS) is 15.2. The molecule has 0 radical (unpaired) electrons. The molecule has 3 aromatic rings. The van der Waals surface area contributed by atoms with Crippen molar-refractivity contribution >= 4 is 58.2 Å². The second-order valence-electron chi connectivity index (χ2n) is 6.67. The maximum Gasteiger partial charge on any atom is 0.335 e. The van der Waals surface area contributed by atoms with Gasteiger partial charge in [0, 0.05) is 17.6 Å². The van der Waals surface area contributed by atoms with Crippen LogP contribution in [-0.2, 0) is 11.3 Å². The Hall–Kier alpha value is -3.00. The first-order valence-corrected chi connectivity index (χ1v) is 10.6. The lowest BCUT2D eigenvalue weighted by Gasteiger charge is -2.13. The Balaban J connectivity index is 1.58. The standard InChI is InChI=1S/C22H14Cl2N2O4S/c23-17-8-3-13(10-18(17)24)12-26-20(27)19(31-22(26)30)11-16-2-1-9-25(16)15-6-4-14(5-7-15)21(28)29/h1-11H,12H2,(H,28,29)/b19-11-. The summed E-state index contributed by atoms with van der Waals surface area (Å²) in [5.74, 6) is -1.40. The fraction of sp³-hybridized carbons (Fsp3) is 0.0455. The van der Waals surface area contributed by atoms with Gasteiger partial charge in [0.25, 0.3) is 11.1 Å². The molecule has 6 nitrogen and oxygen atoms in total. The van der Waals surface area contributed by atoms with Crippen molar-refractivity contribution in [2.24, 2.45) is 0 Å². The largest absolute Gasteiger partial charge is 0.478 e. The monoisotopic (exact) mass is 472 g/mol. The number of carboxylic acid groups (broad SMARTS) is 1. The van der Waals surface area contributed by atoms with Crippen LogP contribution in [0.25, 0.3) is 11.8 Å². The number of imide groups is 1. The van der Waals surface area contributed by atoms with E-state index in [1.807, 2.05) is 0 Å². The maximum atomic E-state index is 12.8. The van der Waals surface area contributed by atoms with Crippen LogP contribution in [0.2, 0.25) is 10.0 Å². The molecule has 2 amide bonds. The Morgan fingerprint density at radius 2 is 1.77 bits per heavy atom. The second-order valence-corrected chi connectivity index (χ2v) is 8.48. The van der Waals surface area contributed by atoms with Gasteiger partial charge in [0.1, 0.15) is 0 Å². The van der Waals surface area contributed by atoms with Gasteiger partial charge in [-0.25, -0.2) is 4.79 Å². The lowest BCUT2D eigenvalue weighted by Crippen LogP contribution is -2.27. The van der Waals surface area contributed by atoms with Crippen LogP contribution in [0.3, 0.4) is 0 Å². The third-order valence-electron chi connectivity index (χ3n) is 4.65. The van der Waals surface area contributed by atoms with Gasteiger partial charge in [0.05, 0.1) is 27.1 Å². The molecule has 31 heavy (non-hydrogen) atoms. The second kappa shape index (κ2) is 8.63. The minimum absolute atomic E-state index is 0.0938. The van der Waals surface area contributed by atoms with Crippen LogP contribution in [-0.4, -0.2) is 31.7 Å². The van der Waals surface area contributed by atoms with Gasteiger partial charge in [0.15, 0.2) is 0 Å². The van der Waals surface area contributed by atoms with Crippen LogP contribution >= 0.6 is 35.0 Å². The average molecular weight is 473 g/mol. The SMILES string of the molecule is O=C(O)c1ccc(-n2cccc2/C=C2\SC(=O)N(Cc3ccc(Cl)c(Cl)c3)C2=O)cc1. The first kappa shape index (κ1) is 21.2. The minimum Gasteiger partial charge on any atom is -0.478 e. The van der Waals surface area contributed by atoms with Crippen molar-refractivity contribution in [1.29, 1.82) is 0 Å². The van der Waals surface area contributed by atoms with E-state index in [1.54, 1.807) is 59.3 Å². The van der Waals surface area contributed by atoms with E-state index in [1.165, 1.54) is 12.1 Å². The lowest BCUT2D eigenvalue weighted by atomic mass is 10.2. The average Bonchev–Trinajstić information content (AvgIpc) is 3.31. The summed E-state index contributed by atoms with van der Waals surface area (Å²) >= 11 is 12.8. The summed E-state index contributed by atoms with van der Waals surface area (Å²) in [4.78, 5) is 37.8. The first-order valence-electron chi connectivity index (χ1n) is 9.04. The summed E-state index contributed by atoms with van der Waals surface area (Å²) in [6, 6.07) is 14.9. The molecule has 0 spiro atoms. The number of benzene rings is 2. The number of carbonyl (C=O) groups excluding carboxylic acids is 2. The maximum absolute atomic E-state index is 12.8. The van der Waals surface area contributed by atoms with Gasteiger partial charge in [0.2, 0.25) is 0 Å². The summed E-state index contributed by atoms with van der Waals surface area (Å²) < 4.78 is 1.80. The van der Waals surface area contributed by atoms with Crippen LogP contribution in [0.5, 0.6) is 0 Å². The van der Waals surface area contributed by atoms with Crippen molar-refractivity contribution in [2.45, 2.75) is 6.54 Å². The highest BCUT2D eigenvalue weighted by molar-refractivity contribution is 8.18. The number of carbonyl (C=O) groups is 3. The number of hydrogen-bond donors (Lipinski definition) is 1. The fourth-order valence-corrected chi connectivity index (χ4v) is 4.25. The van der Waals surface area contributed by atoms with Gasteiger partial charge in [-0.15, -0.1) is 0 Å². The van der Waals surface area contributed by atoms with Gasteiger partial charge in [-0.05, 0) is 71.9 Å². The fourth-order valence-electron chi connectivity index (χ4n) is 3.10. The zero-order valence-electron chi connectivity index (χ0n) is 15.8. The number of hydrogen-bond acceptors (Lipinski definition) is 4. The quantitative estimate of drug-likeness (QED) is 0.480. The Morgan fingerprint density at radius 1 is 1.03 bits per heavy atom. The molecule has 1 aromatic heterocycles. The highest BCUT2D eigenvalue weighted by Crippen LogP contribution is 2.34. The number of aromatic nitrogens is 1. The molecule has 0 unspecified atom stereocenters. The van der Waals surface area contributed by atoms with Crippen molar-refractivity contribution in [3.8, 4) is 5.69 Å². The molecule has 4 rings (SSSR count). The van der Waals surface area contributed by atoms with Crippen LogP contribution in [0.15, 0.2) is 65.7 Å². The van der Waals surface area contributed by atoms with Gasteiger partial charge < -0.3 is 9.67 Å². The van der Waals surface area contributed by atoms with Gasteiger partial charge in [-0.2, -0.15) is 0 Å². The molecule has 0 atom stereocenters. The van der Waals surface area contributed by atoms with Crippen LogP contribution in [0, 0.1) is 0 Å². The molecule has 1 saturated heterocycles. The van der Waals surface area contributed by atoms with Crippen molar-refractivity contribution < 1.29 is 19.5 Å². The van der Waals surface area contributed by atoms with E-state index in [2.05, 4.69) is 0 Å². The Morgan fingerprint density at radius 3 is 2.45 bits per heavy atom. The highest BCUT2D eigenvalue weighted by Gasteiger charge is 2.35. The van der Waals surface area contributed by atoms with Crippen LogP contribution in [0.1, 0.15) is 21.6 Å². The van der Waals surface area contributed by atoms with E-state index in [4.69, 9.17) is 28.3 Å². The Bertz CT molecular complexity index is 1230. The summed E-state index contributed by atoms with van der Waals surface area (Å²) in [6.07, 6.45) is 3.44. The molecule has 2 heterocycles. The predicted octanol–water partition coefficient (Wildman–Crippen LogP) is 5.72. The Kier molecular flexibility index (Phi) is 5.91. The number of aromatic carboxylic acids is 1. The van der Waals surface area contributed by atoms with Crippen LogP contribution in [0.4, 0.5) is 4.79 Å². The van der Waals surface area contributed by atoms with E-state index < -0.39 is 11.9 Å². The van der Waals surface area contributed by atoms with E-state index >= 15 is 0 Å². The minimum atomic E-state index is -1.00. The molecule has 0 aliphatic carbocycles. The number of carboxylic acids is 1. The third-order valence-corrected chi connectivity index (χ3v) is 6.30. The molecular weight excluding hydrogens is 459 g/mol. The van der Waals surface area contributed by atoms with Gasteiger partial charge in [-0.1, -0.05) is 29.3 Å². The molecule has 1 aliphatic heterocycles. The van der Waals surface area contributed by atoms with Crippen molar-refractivity contribution in [3.63, 3.8) is 0 Å². The highest BCUT2D eigenvalue weighted by atomic mass is 35.5. The molecule has 1 N–H and O–H groups in total. The molecule has 0 saturated carbocycles.